The Morgan fingerprint density at radius 3 is 2.35 bits per heavy atom. The molecule has 4 heteroatoms. The van der Waals surface area contributed by atoms with Crippen LogP contribution in [0.3, 0.4) is 0 Å². The molecule has 3 aromatic rings. The molecule has 0 bridgehead atoms. The van der Waals surface area contributed by atoms with Gasteiger partial charge in [-0.3, -0.25) is 5.32 Å². The molecule has 0 amide bonds. The second kappa shape index (κ2) is 10.6. The van der Waals surface area contributed by atoms with E-state index in [1.165, 1.54) is 6.07 Å². The number of benzene rings is 3. The van der Waals surface area contributed by atoms with Crippen molar-refractivity contribution in [1.82, 2.24) is 10.6 Å². The Morgan fingerprint density at radius 1 is 1.03 bits per heavy atom. The number of halogens is 1. The minimum Gasteiger partial charge on any atom is -0.390 e. The van der Waals surface area contributed by atoms with Crippen LogP contribution in [-0.2, 0) is 6.42 Å². The van der Waals surface area contributed by atoms with Gasteiger partial charge in [0.25, 0.3) is 0 Å². The fourth-order valence-corrected chi connectivity index (χ4v) is 3.68. The number of aryl methyl sites for hydroxylation is 2. The summed E-state index contributed by atoms with van der Waals surface area (Å²) in [6, 6.07) is 25.2. The van der Waals surface area contributed by atoms with E-state index in [-0.39, 0.29) is 17.9 Å². The molecule has 2 atom stereocenters. The molecule has 3 rings (SSSR count). The first-order valence-corrected chi connectivity index (χ1v) is 10.4. The zero-order valence-electron chi connectivity index (χ0n) is 18.0. The molecule has 3 nitrogen and oxygen atoms in total. The molecule has 158 valence electrons. The summed E-state index contributed by atoms with van der Waals surface area (Å²) >= 11 is 0. The van der Waals surface area contributed by atoms with E-state index in [2.05, 4.69) is 35.4 Å². The molecule has 0 saturated carbocycles. The maximum absolute atomic E-state index is 13.9. The Morgan fingerprint density at radius 2 is 1.74 bits per heavy atom. The molecule has 0 fully saturated rings. The average molecular weight is 414 g/mol. The fourth-order valence-electron chi connectivity index (χ4n) is 3.68. The summed E-state index contributed by atoms with van der Waals surface area (Å²) < 4.78 is 13.9. The number of rotatable bonds is 9. The van der Waals surface area contributed by atoms with Crippen LogP contribution >= 0.6 is 0 Å². The topological polar surface area (TPSA) is 47.8 Å². The normalized spacial score (nSPS) is 12.6. The van der Waals surface area contributed by atoms with E-state index in [4.69, 9.17) is 5.26 Å². The molecule has 31 heavy (non-hydrogen) atoms. The highest BCUT2D eigenvalue weighted by atomic mass is 19.1. The van der Waals surface area contributed by atoms with Crippen LogP contribution in [0.15, 0.2) is 85.1 Å². The van der Waals surface area contributed by atoms with Gasteiger partial charge in [0.2, 0.25) is 0 Å². The third-order valence-electron chi connectivity index (χ3n) is 5.56. The minimum atomic E-state index is -0.200. The third kappa shape index (κ3) is 5.81. The van der Waals surface area contributed by atoms with E-state index in [1.54, 1.807) is 6.92 Å². The first-order chi connectivity index (χ1) is 15.0. The van der Waals surface area contributed by atoms with Gasteiger partial charge in [-0.05, 0) is 60.2 Å². The van der Waals surface area contributed by atoms with E-state index in [0.29, 0.717) is 11.1 Å². The predicted molar refractivity (Wildman–Crippen MR) is 124 cm³/mol. The van der Waals surface area contributed by atoms with Gasteiger partial charge in [0.05, 0.1) is 17.7 Å². The van der Waals surface area contributed by atoms with Crippen molar-refractivity contribution in [1.29, 1.82) is 5.26 Å². The monoisotopic (exact) mass is 413 g/mol. The highest BCUT2D eigenvalue weighted by molar-refractivity contribution is 5.33. The lowest BCUT2D eigenvalue weighted by Crippen LogP contribution is -2.31. The van der Waals surface area contributed by atoms with Crippen LogP contribution in [-0.4, -0.2) is 7.05 Å². The lowest BCUT2D eigenvalue weighted by molar-refractivity contribution is 0.445. The van der Waals surface area contributed by atoms with Crippen molar-refractivity contribution in [3.8, 4) is 6.07 Å². The molecule has 0 unspecified atom stereocenters. The van der Waals surface area contributed by atoms with Crippen molar-refractivity contribution in [2.75, 3.05) is 7.05 Å². The van der Waals surface area contributed by atoms with E-state index in [9.17, 15) is 4.39 Å². The Hall–Kier alpha value is -3.42. The number of likely N-dealkylation sites (N-methyl/N-ethyl adjacent to an activating group) is 1. The molecule has 3 aromatic carbocycles. The van der Waals surface area contributed by atoms with Crippen molar-refractivity contribution >= 4 is 0 Å². The summed E-state index contributed by atoms with van der Waals surface area (Å²) in [5.41, 5.74) is 5.47. The summed E-state index contributed by atoms with van der Waals surface area (Å²) in [6.45, 7) is 5.99. The second-order valence-corrected chi connectivity index (χ2v) is 7.69. The zero-order valence-corrected chi connectivity index (χ0v) is 18.0. The van der Waals surface area contributed by atoms with Crippen LogP contribution in [0.2, 0.25) is 0 Å². The van der Waals surface area contributed by atoms with Crippen LogP contribution in [0, 0.1) is 24.1 Å². The second-order valence-electron chi connectivity index (χ2n) is 7.69. The maximum Gasteiger partial charge on any atom is 0.126 e. The van der Waals surface area contributed by atoms with Crippen molar-refractivity contribution in [2.24, 2.45) is 0 Å². The van der Waals surface area contributed by atoms with Crippen LogP contribution < -0.4 is 10.6 Å². The Bertz CT molecular complexity index is 1050. The summed E-state index contributed by atoms with van der Waals surface area (Å²) in [7, 11) is 1.87. The lowest BCUT2D eigenvalue weighted by atomic mass is 9.94. The van der Waals surface area contributed by atoms with Crippen LogP contribution in [0.4, 0.5) is 4.39 Å². The van der Waals surface area contributed by atoms with E-state index >= 15 is 0 Å². The molecular weight excluding hydrogens is 385 g/mol. The summed E-state index contributed by atoms with van der Waals surface area (Å²) in [5.74, 6) is -0.200. The van der Waals surface area contributed by atoms with Gasteiger partial charge in [-0.15, -0.1) is 0 Å². The zero-order chi connectivity index (χ0) is 22.2. The van der Waals surface area contributed by atoms with Crippen LogP contribution in [0.25, 0.3) is 0 Å². The van der Waals surface area contributed by atoms with Gasteiger partial charge in [-0.2, -0.15) is 5.26 Å². The van der Waals surface area contributed by atoms with Gasteiger partial charge < -0.3 is 5.32 Å². The predicted octanol–water partition coefficient (Wildman–Crippen LogP) is 5.74. The molecule has 0 aliphatic carbocycles. The third-order valence-corrected chi connectivity index (χ3v) is 5.56. The largest absolute Gasteiger partial charge is 0.390 e. The van der Waals surface area contributed by atoms with Gasteiger partial charge in [0, 0.05) is 18.8 Å². The molecule has 0 heterocycles. The van der Waals surface area contributed by atoms with Gasteiger partial charge in [-0.1, -0.05) is 61.2 Å². The van der Waals surface area contributed by atoms with Crippen molar-refractivity contribution in [3.05, 3.63) is 119 Å². The van der Waals surface area contributed by atoms with Crippen molar-refractivity contribution in [3.63, 3.8) is 0 Å². The highest BCUT2D eigenvalue weighted by Gasteiger charge is 2.21. The van der Waals surface area contributed by atoms with Crippen LogP contribution in [0.1, 0.15) is 46.3 Å². The molecule has 0 aromatic heterocycles. The van der Waals surface area contributed by atoms with E-state index in [1.807, 2.05) is 61.6 Å². The van der Waals surface area contributed by atoms with Gasteiger partial charge in [0.1, 0.15) is 5.82 Å². The number of nitrogens with zero attached hydrogens (tertiary/aromatic N) is 1. The first-order valence-electron chi connectivity index (χ1n) is 10.4. The number of hydrogen-bond acceptors (Lipinski definition) is 3. The lowest BCUT2D eigenvalue weighted by Gasteiger charge is -2.28. The highest BCUT2D eigenvalue weighted by Crippen LogP contribution is 2.28. The standard InChI is InChI=1S/C27H28FN3/c1-19-17-24(14-15-25(19)28)26(16-13-21-9-11-22(18-29)12-10-21)31-27(20(2)30-3)23-7-5-4-6-8-23/h4-12,14-15,17,26-27,30-31H,2,13,16H2,1,3H3/t26-,27+/m1/s1. The van der Waals surface area contributed by atoms with Gasteiger partial charge in [0.15, 0.2) is 0 Å². The molecule has 0 radical (unpaired) electrons. The minimum absolute atomic E-state index is 0.00903. The Labute approximate surface area is 184 Å². The van der Waals surface area contributed by atoms with Crippen molar-refractivity contribution < 1.29 is 4.39 Å². The first kappa shape index (κ1) is 22.3. The van der Waals surface area contributed by atoms with E-state index < -0.39 is 0 Å². The smallest absolute Gasteiger partial charge is 0.126 e. The molecular formula is C27H28FN3. The van der Waals surface area contributed by atoms with Crippen molar-refractivity contribution in [2.45, 2.75) is 31.8 Å². The van der Waals surface area contributed by atoms with Gasteiger partial charge >= 0.3 is 0 Å². The number of nitriles is 1. The maximum atomic E-state index is 13.9. The SMILES string of the molecule is C=C(NC)[C@H](N[C@H](CCc1ccc(C#N)cc1)c1ccc(F)c(C)c1)c1ccccc1. The average Bonchev–Trinajstić information content (AvgIpc) is 2.81. The molecule has 0 aliphatic heterocycles. The fraction of sp³-hybridized carbons (Fsp3) is 0.222. The Kier molecular flexibility index (Phi) is 7.59. The Balaban J connectivity index is 1.88. The summed E-state index contributed by atoms with van der Waals surface area (Å²) in [5, 5.41) is 15.9. The molecule has 2 N–H and O–H groups in total. The van der Waals surface area contributed by atoms with E-state index in [0.717, 1.165) is 35.2 Å². The molecule has 0 spiro atoms. The quantitative estimate of drug-likeness (QED) is 0.470. The van der Waals surface area contributed by atoms with Gasteiger partial charge in [-0.25, -0.2) is 4.39 Å². The summed E-state index contributed by atoms with van der Waals surface area (Å²) in [4.78, 5) is 0. The van der Waals surface area contributed by atoms with Crippen LogP contribution in [0.5, 0.6) is 0 Å². The molecule has 0 aliphatic rings. The summed E-state index contributed by atoms with van der Waals surface area (Å²) in [6.07, 6.45) is 1.64. The number of hydrogen-bond donors (Lipinski definition) is 2. The number of nitrogens with one attached hydrogen (secondary N) is 2. The molecule has 0 saturated heterocycles.